The molecule has 0 saturated heterocycles. The van der Waals surface area contributed by atoms with Gasteiger partial charge in [-0.2, -0.15) is 0 Å². The number of methoxy groups -OCH3 is 2. The predicted molar refractivity (Wildman–Crippen MR) is 64.0 cm³/mol. The van der Waals surface area contributed by atoms with Crippen molar-refractivity contribution in [3.63, 3.8) is 0 Å². The first-order valence-corrected chi connectivity index (χ1v) is 5.17. The van der Waals surface area contributed by atoms with Crippen molar-refractivity contribution in [2.24, 2.45) is 0 Å². The van der Waals surface area contributed by atoms with Gasteiger partial charge in [0.2, 0.25) is 0 Å². The highest BCUT2D eigenvalue weighted by atomic mass is 16.6. The van der Waals surface area contributed by atoms with Crippen molar-refractivity contribution in [2.45, 2.75) is 0 Å². The fourth-order valence-electron chi connectivity index (χ4n) is 1.30. The van der Waals surface area contributed by atoms with Crippen molar-refractivity contribution in [2.75, 3.05) is 20.8 Å². The number of nitro benzene ring substituents is 1. The highest BCUT2D eigenvalue weighted by Crippen LogP contribution is 2.27. The minimum Gasteiger partial charge on any atom is -0.490 e. The largest absolute Gasteiger partial charge is 0.490 e. The van der Waals surface area contributed by atoms with Gasteiger partial charge >= 0.3 is 11.7 Å². The van der Waals surface area contributed by atoms with Crippen LogP contribution in [0, 0.1) is 10.1 Å². The average Bonchev–Trinajstić information content (AvgIpc) is 2.43. The van der Waals surface area contributed by atoms with Crippen LogP contribution in [0.4, 0.5) is 5.69 Å². The number of amides is 1. The lowest BCUT2D eigenvalue weighted by Gasteiger charge is -2.06. The first-order chi connectivity index (χ1) is 8.99. The van der Waals surface area contributed by atoms with Crippen LogP contribution in [0.5, 0.6) is 5.75 Å². The normalized spacial score (nSPS) is 9.58. The molecule has 1 rings (SSSR count). The molecule has 0 fully saturated rings. The Balaban J connectivity index is 2.87. The van der Waals surface area contributed by atoms with Crippen LogP contribution < -0.4 is 10.1 Å². The molecule has 0 aliphatic rings. The van der Waals surface area contributed by atoms with Gasteiger partial charge in [0.25, 0.3) is 5.91 Å². The van der Waals surface area contributed by atoms with Crippen LogP contribution in [-0.2, 0) is 9.53 Å². The molecule has 0 aromatic heterocycles. The third kappa shape index (κ3) is 3.66. The number of hydrogen-bond donors (Lipinski definition) is 1. The van der Waals surface area contributed by atoms with Gasteiger partial charge in [0, 0.05) is 17.7 Å². The molecule has 19 heavy (non-hydrogen) atoms. The molecule has 8 nitrogen and oxygen atoms in total. The number of hydrogen-bond acceptors (Lipinski definition) is 6. The van der Waals surface area contributed by atoms with Gasteiger partial charge < -0.3 is 14.8 Å². The molecule has 1 aromatic rings. The number of ether oxygens (including phenoxy) is 2. The Morgan fingerprint density at radius 2 is 2.05 bits per heavy atom. The van der Waals surface area contributed by atoms with Gasteiger partial charge in [-0.15, -0.1) is 0 Å². The van der Waals surface area contributed by atoms with Gasteiger partial charge in [-0.1, -0.05) is 0 Å². The summed E-state index contributed by atoms with van der Waals surface area (Å²) in [5.41, 5.74) is -0.0987. The fraction of sp³-hybridized carbons (Fsp3) is 0.273. The zero-order valence-electron chi connectivity index (χ0n) is 10.3. The first kappa shape index (κ1) is 14.4. The minimum absolute atomic E-state index is 0.0317. The van der Waals surface area contributed by atoms with E-state index in [9.17, 15) is 19.7 Å². The monoisotopic (exact) mass is 268 g/mol. The van der Waals surface area contributed by atoms with E-state index < -0.39 is 16.8 Å². The van der Waals surface area contributed by atoms with E-state index in [2.05, 4.69) is 10.1 Å². The second kappa shape index (κ2) is 6.34. The quantitative estimate of drug-likeness (QED) is 0.473. The zero-order chi connectivity index (χ0) is 14.4. The van der Waals surface area contributed by atoms with E-state index in [0.29, 0.717) is 0 Å². The molecule has 1 aromatic carbocycles. The van der Waals surface area contributed by atoms with Crippen LogP contribution in [-0.4, -0.2) is 37.6 Å². The Morgan fingerprint density at radius 3 is 2.58 bits per heavy atom. The summed E-state index contributed by atoms with van der Waals surface area (Å²) >= 11 is 0. The summed E-state index contributed by atoms with van der Waals surface area (Å²) in [4.78, 5) is 32.6. The number of nitrogens with zero attached hydrogens (tertiary/aromatic N) is 1. The van der Waals surface area contributed by atoms with Gasteiger partial charge in [-0.05, 0) is 6.07 Å². The molecule has 1 amide bonds. The van der Waals surface area contributed by atoms with Gasteiger partial charge in [-0.3, -0.25) is 19.7 Å². The molecule has 8 heteroatoms. The Morgan fingerprint density at radius 1 is 1.37 bits per heavy atom. The lowest BCUT2D eigenvalue weighted by molar-refractivity contribution is -0.385. The van der Waals surface area contributed by atoms with Crippen molar-refractivity contribution in [3.8, 4) is 5.75 Å². The third-order valence-electron chi connectivity index (χ3n) is 2.26. The van der Waals surface area contributed by atoms with Crippen molar-refractivity contribution >= 4 is 17.6 Å². The molecule has 102 valence electrons. The predicted octanol–water partition coefficient (Wildman–Crippen LogP) is 0.506. The van der Waals surface area contributed by atoms with Gasteiger partial charge in [0.1, 0.15) is 6.54 Å². The summed E-state index contributed by atoms with van der Waals surface area (Å²) in [6, 6.07) is 3.66. The number of nitrogens with one attached hydrogen (secondary N) is 1. The van der Waals surface area contributed by atoms with Crippen molar-refractivity contribution in [1.29, 1.82) is 0 Å². The first-order valence-electron chi connectivity index (χ1n) is 5.17. The highest BCUT2D eigenvalue weighted by molar-refractivity contribution is 5.96. The van der Waals surface area contributed by atoms with Gasteiger partial charge in [0.05, 0.1) is 19.1 Å². The molecule has 1 N–H and O–H groups in total. The van der Waals surface area contributed by atoms with Crippen LogP contribution in [0.1, 0.15) is 10.4 Å². The minimum atomic E-state index is -0.616. The van der Waals surface area contributed by atoms with Crippen LogP contribution in [0.15, 0.2) is 18.2 Å². The number of benzene rings is 1. The van der Waals surface area contributed by atoms with Crippen LogP contribution in [0.25, 0.3) is 0 Å². The van der Waals surface area contributed by atoms with Crippen molar-refractivity contribution in [3.05, 3.63) is 33.9 Å². The Labute approximate surface area is 108 Å². The molecule has 0 heterocycles. The topological polar surface area (TPSA) is 108 Å². The third-order valence-corrected chi connectivity index (χ3v) is 2.26. The molecule has 0 unspecified atom stereocenters. The SMILES string of the molecule is COC(=O)CNC(=O)c1ccc([N+](=O)[O-])c(OC)c1. The lowest BCUT2D eigenvalue weighted by Crippen LogP contribution is -2.30. The maximum Gasteiger partial charge on any atom is 0.325 e. The summed E-state index contributed by atoms with van der Waals surface area (Å²) in [5.74, 6) is -1.18. The van der Waals surface area contributed by atoms with Crippen LogP contribution in [0.3, 0.4) is 0 Å². The summed E-state index contributed by atoms with van der Waals surface area (Å²) < 4.78 is 9.20. The van der Waals surface area contributed by atoms with E-state index in [0.717, 1.165) is 6.07 Å². The summed E-state index contributed by atoms with van der Waals surface area (Å²) in [7, 11) is 2.46. The Kier molecular flexibility index (Phi) is 4.81. The Hall–Kier alpha value is -2.64. The zero-order valence-corrected chi connectivity index (χ0v) is 10.3. The number of nitro groups is 1. The smallest absolute Gasteiger partial charge is 0.325 e. The molecule has 0 spiro atoms. The standard InChI is InChI=1S/C11H12N2O6/c1-18-9-5-7(3-4-8(9)13(16)17)11(15)12-6-10(14)19-2/h3-5H,6H2,1-2H3,(H,12,15). The van der Waals surface area contributed by atoms with Crippen LogP contribution >= 0.6 is 0 Å². The number of carbonyl (C=O) groups excluding carboxylic acids is 2. The van der Waals surface area contributed by atoms with Gasteiger partial charge in [0.15, 0.2) is 5.75 Å². The fourth-order valence-corrected chi connectivity index (χ4v) is 1.30. The van der Waals surface area contributed by atoms with Crippen molar-refractivity contribution in [1.82, 2.24) is 5.32 Å². The van der Waals surface area contributed by atoms with E-state index in [1.54, 1.807) is 0 Å². The summed E-state index contributed by atoms with van der Waals surface area (Å²) in [6.07, 6.45) is 0. The van der Waals surface area contributed by atoms with Gasteiger partial charge in [-0.25, -0.2) is 0 Å². The molecule has 0 bridgehead atoms. The van der Waals surface area contributed by atoms with Crippen LogP contribution in [0.2, 0.25) is 0 Å². The second-order valence-electron chi connectivity index (χ2n) is 3.40. The van der Waals surface area contributed by atoms with E-state index in [1.807, 2.05) is 0 Å². The number of carbonyl (C=O) groups is 2. The molecular weight excluding hydrogens is 256 g/mol. The Bertz CT molecular complexity index is 514. The van der Waals surface area contributed by atoms with E-state index in [1.165, 1.54) is 26.4 Å². The molecular formula is C11H12N2O6. The molecule has 0 saturated carbocycles. The molecule has 0 atom stereocenters. The average molecular weight is 268 g/mol. The highest BCUT2D eigenvalue weighted by Gasteiger charge is 2.17. The van der Waals surface area contributed by atoms with E-state index in [-0.39, 0.29) is 23.5 Å². The van der Waals surface area contributed by atoms with E-state index >= 15 is 0 Å². The molecule has 0 aliphatic heterocycles. The maximum absolute atomic E-state index is 11.7. The maximum atomic E-state index is 11.7. The number of esters is 1. The van der Waals surface area contributed by atoms with Crippen molar-refractivity contribution < 1.29 is 24.0 Å². The molecule has 0 radical (unpaired) electrons. The lowest BCUT2D eigenvalue weighted by atomic mass is 10.2. The summed E-state index contributed by atoms with van der Waals surface area (Å²) in [5, 5.41) is 13.0. The van der Waals surface area contributed by atoms with E-state index in [4.69, 9.17) is 4.74 Å². The second-order valence-corrected chi connectivity index (χ2v) is 3.40. The summed E-state index contributed by atoms with van der Waals surface area (Å²) in [6.45, 7) is -0.283. The molecule has 0 aliphatic carbocycles. The number of rotatable bonds is 5.